The second kappa shape index (κ2) is 11.4. The van der Waals surface area contributed by atoms with E-state index in [0.29, 0.717) is 19.3 Å². The molecule has 0 N–H and O–H groups in total. The zero-order valence-corrected chi connectivity index (χ0v) is 19.8. The number of benzene rings is 2. The molecule has 2 heterocycles. The topological polar surface area (TPSA) is 48.0 Å². The van der Waals surface area contributed by atoms with Gasteiger partial charge in [-0.15, -0.1) is 0 Å². The van der Waals surface area contributed by atoms with Crippen LogP contribution in [0.1, 0.15) is 51.0 Å². The zero-order chi connectivity index (χ0) is 23.0. The van der Waals surface area contributed by atoms with E-state index in [-0.39, 0.29) is 5.97 Å². The summed E-state index contributed by atoms with van der Waals surface area (Å²) in [7, 11) is 1.46. The van der Waals surface area contributed by atoms with E-state index in [9.17, 15) is 4.79 Å². The molecule has 0 saturated carbocycles. The Kier molecular flexibility index (Phi) is 8.05. The van der Waals surface area contributed by atoms with Crippen LogP contribution in [0.5, 0.6) is 5.75 Å². The summed E-state index contributed by atoms with van der Waals surface area (Å²) in [6, 6.07) is 15.2. The van der Waals surface area contributed by atoms with E-state index in [2.05, 4.69) is 42.2 Å². The molecule has 2 aromatic carbocycles. The van der Waals surface area contributed by atoms with Gasteiger partial charge in [-0.3, -0.25) is 0 Å². The first-order chi connectivity index (χ1) is 16.2. The predicted molar refractivity (Wildman–Crippen MR) is 133 cm³/mol. The number of methoxy groups -OCH3 is 1. The predicted octanol–water partition coefficient (Wildman–Crippen LogP) is 5.87. The van der Waals surface area contributed by atoms with Gasteiger partial charge in [0.25, 0.3) is 0 Å². The van der Waals surface area contributed by atoms with Gasteiger partial charge in [-0.1, -0.05) is 31.5 Å². The summed E-state index contributed by atoms with van der Waals surface area (Å²) in [5.74, 6) is 0.620. The lowest BCUT2D eigenvalue weighted by Gasteiger charge is -2.30. The third kappa shape index (κ3) is 5.77. The minimum absolute atomic E-state index is 0.224. The quantitative estimate of drug-likeness (QED) is 0.354. The fourth-order valence-corrected chi connectivity index (χ4v) is 4.75. The Morgan fingerprint density at radius 3 is 2.64 bits per heavy atom. The molecule has 33 heavy (non-hydrogen) atoms. The summed E-state index contributed by atoms with van der Waals surface area (Å²) in [6.07, 6.45) is 8.38. The van der Waals surface area contributed by atoms with E-state index in [1.807, 2.05) is 18.2 Å². The van der Waals surface area contributed by atoms with Crippen LogP contribution in [0.2, 0.25) is 0 Å². The molecule has 0 aromatic heterocycles. The Hall–Kier alpha value is -2.79. The minimum Gasteiger partial charge on any atom is -0.491 e. The number of anilines is 1. The Morgan fingerprint density at radius 2 is 1.85 bits per heavy atom. The zero-order valence-electron chi connectivity index (χ0n) is 19.8. The van der Waals surface area contributed by atoms with Gasteiger partial charge >= 0.3 is 5.97 Å². The van der Waals surface area contributed by atoms with Gasteiger partial charge in [-0.05, 0) is 79.1 Å². The van der Waals surface area contributed by atoms with Crippen molar-refractivity contribution in [1.29, 1.82) is 0 Å². The summed E-state index contributed by atoms with van der Waals surface area (Å²) in [6.45, 7) is 5.19. The lowest BCUT2D eigenvalue weighted by Crippen LogP contribution is -2.31. The first-order valence-corrected chi connectivity index (χ1v) is 12.2. The van der Waals surface area contributed by atoms with Gasteiger partial charge in [0.05, 0.1) is 13.7 Å². The van der Waals surface area contributed by atoms with E-state index < -0.39 is 0 Å². The van der Waals surface area contributed by atoms with Crippen LogP contribution in [0.4, 0.5) is 5.69 Å². The highest BCUT2D eigenvalue weighted by atomic mass is 16.5. The van der Waals surface area contributed by atoms with Gasteiger partial charge in [0.15, 0.2) is 0 Å². The van der Waals surface area contributed by atoms with Crippen LogP contribution in [0.25, 0.3) is 17.2 Å². The van der Waals surface area contributed by atoms with Crippen molar-refractivity contribution in [3.05, 3.63) is 53.6 Å². The highest BCUT2D eigenvalue weighted by Gasteiger charge is 2.29. The van der Waals surface area contributed by atoms with Crippen LogP contribution >= 0.6 is 0 Å². The van der Waals surface area contributed by atoms with Gasteiger partial charge in [-0.25, -0.2) is 4.79 Å². The normalized spacial score (nSPS) is 17.5. The first-order valence-electron chi connectivity index (χ1n) is 12.2. The fraction of sp³-hybridized carbons (Fsp3) is 0.464. The van der Waals surface area contributed by atoms with Crippen LogP contribution in [-0.4, -0.2) is 45.5 Å². The molecule has 1 saturated heterocycles. The Balaban J connectivity index is 1.51. The van der Waals surface area contributed by atoms with E-state index in [0.717, 1.165) is 66.8 Å². The van der Waals surface area contributed by atoms with Crippen LogP contribution in [0.15, 0.2) is 48.0 Å². The average molecular weight is 450 g/mol. The number of carbonyl (C=O) groups excluding carboxylic acids is 1. The lowest BCUT2D eigenvalue weighted by atomic mass is 9.94. The number of hydrogen-bond acceptors (Lipinski definition) is 5. The molecule has 2 aliphatic rings. The fourth-order valence-electron chi connectivity index (χ4n) is 4.75. The summed E-state index contributed by atoms with van der Waals surface area (Å²) in [5, 5.41) is 0. The number of esters is 1. The SMILES string of the molecule is CCCCOCCOc1ccc(-c2ccc3c(c2)C=C(C(=O)OC)CCC2CCCN32)cc1. The molecule has 0 bridgehead atoms. The number of unbranched alkanes of at least 4 members (excludes halogenated alkanes) is 1. The molecular weight excluding hydrogens is 414 g/mol. The Morgan fingerprint density at radius 1 is 1.03 bits per heavy atom. The number of rotatable bonds is 9. The number of nitrogens with zero attached hydrogens (tertiary/aromatic N) is 1. The van der Waals surface area contributed by atoms with Crippen molar-refractivity contribution in [1.82, 2.24) is 0 Å². The molecule has 1 fully saturated rings. The highest BCUT2D eigenvalue weighted by Crippen LogP contribution is 2.37. The van der Waals surface area contributed by atoms with Crippen molar-refractivity contribution in [3.63, 3.8) is 0 Å². The average Bonchev–Trinajstić information content (AvgIpc) is 3.30. The second-order valence-corrected chi connectivity index (χ2v) is 8.80. The van der Waals surface area contributed by atoms with Gasteiger partial charge in [-0.2, -0.15) is 0 Å². The summed E-state index contributed by atoms with van der Waals surface area (Å²) in [5.41, 5.74) is 5.30. The molecule has 1 unspecified atom stereocenters. The standard InChI is InChI=1S/C28H35NO4/c1-3-4-16-32-17-18-33-26-12-8-21(9-13-26)22-10-14-27-24(19-22)20-23(28(30)31-2)7-11-25-6-5-15-29(25)27/h8-10,12-14,19-20,25H,3-7,11,15-18H2,1-2H3. The van der Waals surface area contributed by atoms with Crippen molar-refractivity contribution in [2.24, 2.45) is 0 Å². The number of ether oxygens (including phenoxy) is 3. The van der Waals surface area contributed by atoms with Gasteiger partial charge in [0.2, 0.25) is 0 Å². The van der Waals surface area contributed by atoms with Crippen molar-refractivity contribution >= 4 is 17.7 Å². The maximum Gasteiger partial charge on any atom is 0.333 e. The Labute approximate surface area is 197 Å². The number of carbonyl (C=O) groups is 1. The molecular formula is C28H35NO4. The molecule has 1 atom stereocenters. The molecule has 5 nitrogen and oxygen atoms in total. The highest BCUT2D eigenvalue weighted by molar-refractivity contribution is 5.95. The number of fused-ring (bicyclic) bond motifs is 3. The maximum atomic E-state index is 12.4. The van der Waals surface area contributed by atoms with Gasteiger partial charge in [0, 0.05) is 30.5 Å². The monoisotopic (exact) mass is 449 g/mol. The summed E-state index contributed by atoms with van der Waals surface area (Å²) < 4.78 is 16.4. The molecule has 0 spiro atoms. The van der Waals surface area contributed by atoms with Crippen molar-refractivity contribution in [3.8, 4) is 16.9 Å². The van der Waals surface area contributed by atoms with E-state index in [1.54, 1.807) is 0 Å². The van der Waals surface area contributed by atoms with Crippen LogP contribution < -0.4 is 9.64 Å². The van der Waals surface area contributed by atoms with Crippen LogP contribution in [0, 0.1) is 0 Å². The summed E-state index contributed by atoms with van der Waals surface area (Å²) >= 11 is 0. The molecule has 2 aliphatic heterocycles. The second-order valence-electron chi connectivity index (χ2n) is 8.80. The maximum absolute atomic E-state index is 12.4. The van der Waals surface area contributed by atoms with E-state index in [1.165, 1.54) is 25.6 Å². The smallest absolute Gasteiger partial charge is 0.333 e. The third-order valence-electron chi connectivity index (χ3n) is 6.56. The lowest BCUT2D eigenvalue weighted by molar-refractivity contribution is -0.136. The molecule has 0 radical (unpaired) electrons. The van der Waals surface area contributed by atoms with Crippen molar-refractivity contribution < 1.29 is 19.0 Å². The van der Waals surface area contributed by atoms with E-state index in [4.69, 9.17) is 14.2 Å². The molecule has 0 aliphatic carbocycles. The van der Waals surface area contributed by atoms with Crippen LogP contribution in [-0.2, 0) is 14.3 Å². The molecule has 2 aromatic rings. The third-order valence-corrected chi connectivity index (χ3v) is 6.56. The Bertz CT molecular complexity index is 966. The first kappa shape index (κ1) is 23.4. The van der Waals surface area contributed by atoms with E-state index >= 15 is 0 Å². The van der Waals surface area contributed by atoms with Crippen molar-refractivity contribution in [2.45, 2.75) is 51.5 Å². The summed E-state index contributed by atoms with van der Waals surface area (Å²) in [4.78, 5) is 14.9. The molecule has 0 amide bonds. The van der Waals surface area contributed by atoms with Crippen LogP contribution in [0.3, 0.4) is 0 Å². The molecule has 4 rings (SSSR count). The molecule has 176 valence electrons. The minimum atomic E-state index is -0.224. The largest absolute Gasteiger partial charge is 0.491 e. The molecule has 5 heteroatoms. The van der Waals surface area contributed by atoms with Gasteiger partial charge < -0.3 is 19.1 Å². The number of hydrogen-bond donors (Lipinski definition) is 0. The van der Waals surface area contributed by atoms with Crippen molar-refractivity contribution in [2.75, 3.05) is 38.4 Å². The van der Waals surface area contributed by atoms with Gasteiger partial charge in [0.1, 0.15) is 12.4 Å².